The fourth-order valence-electron chi connectivity index (χ4n) is 2.45. The summed E-state index contributed by atoms with van der Waals surface area (Å²) in [5.41, 5.74) is 0. The van der Waals surface area contributed by atoms with E-state index in [1.807, 2.05) is 36.1 Å². The lowest BCUT2D eigenvalue weighted by Crippen LogP contribution is -2.38. The predicted octanol–water partition coefficient (Wildman–Crippen LogP) is 2.01. The minimum atomic E-state index is -0.733. The third kappa shape index (κ3) is 3.87. The summed E-state index contributed by atoms with van der Waals surface area (Å²) in [5, 5.41) is 9.08. The molecule has 110 valence electrons. The molecule has 0 spiro atoms. The SMILES string of the molecule is CCOc1ccc(OCCN2CCCC2C(=O)O)cc1. The van der Waals surface area contributed by atoms with Crippen LogP contribution in [0.1, 0.15) is 19.8 Å². The highest BCUT2D eigenvalue weighted by molar-refractivity contribution is 5.73. The van der Waals surface area contributed by atoms with E-state index in [4.69, 9.17) is 14.6 Å². The summed E-state index contributed by atoms with van der Waals surface area (Å²) in [6.45, 7) is 4.57. The number of hydrogen-bond acceptors (Lipinski definition) is 4. The summed E-state index contributed by atoms with van der Waals surface area (Å²) in [5.74, 6) is 0.869. The van der Waals surface area contributed by atoms with Gasteiger partial charge in [0, 0.05) is 6.54 Å². The molecule has 1 saturated heterocycles. The van der Waals surface area contributed by atoms with Crippen molar-refractivity contribution in [3.63, 3.8) is 0 Å². The molecule has 1 aliphatic rings. The van der Waals surface area contributed by atoms with Crippen molar-refractivity contribution in [2.24, 2.45) is 0 Å². The Morgan fingerprint density at radius 2 is 1.95 bits per heavy atom. The average Bonchev–Trinajstić information content (AvgIpc) is 2.90. The van der Waals surface area contributed by atoms with Gasteiger partial charge < -0.3 is 14.6 Å². The van der Waals surface area contributed by atoms with Gasteiger partial charge in [-0.2, -0.15) is 0 Å². The molecule has 1 fully saturated rings. The Morgan fingerprint density at radius 3 is 2.55 bits per heavy atom. The number of aliphatic carboxylic acids is 1. The number of carboxylic acid groups (broad SMARTS) is 1. The maximum atomic E-state index is 11.0. The van der Waals surface area contributed by atoms with Gasteiger partial charge in [-0.15, -0.1) is 0 Å². The molecule has 20 heavy (non-hydrogen) atoms. The van der Waals surface area contributed by atoms with Gasteiger partial charge in [0.05, 0.1) is 6.61 Å². The zero-order valence-electron chi connectivity index (χ0n) is 11.7. The highest BCUT2D eigenvalue weighted by Gasteiger charge is 2.29. The average molecular weight is 279 g/mol. The monoisotopic (exact) mass is 279 g/mol. The van der Waals surface area contributed by atoms with Gasteiger partial charge >= 0.3 is 5.97 Å². The third-order valence-electron chi connectivity index (χ3n) is 3.43. The van der Waals surface area contributed by atoms with E-state index < -0.39 is 5.97 Å². The second-order valence-electron chi connectivity index (χ2n) is 4.79. The highest BCUT2D eigenvalue weighted by atomic mass is 16.5. The standard InChI is InChI=1S/C15H21NO4/c1-2-19-12-5-7-13(8-6-12)20-11-10-16-9-3-4-14(16)15(17)18/h5-8,14H,2-4,9-11H2,1H3,(H,17,18). The lowest BCUT2D eigenvalue weighted by molar-refractivity contribution is -0.142. The fraction of sp³-hybridized carbons (Fsp3) is 0.533. The highest BCUT2D eigenvalue weighted by Crippen LogP contribution is 2.19. The smallest absolute Gasteiger partial charge is 0.320 e. The summed E-state index contributed by atoms with van der Waals surface area (Å²) < 4.78 is 11.0. The Balaban J connectivity index is 1.76. The van der Waals surface area contributed by atoms with Gasteiger partial charge in [0.2, 0.25) is 0 Å². The third-order valence-corrected chi connectivity index (χ3v) is 3.43. The first-order valence-corrected chi connectivity index (χ1v) is 7.03. The Bertz CT molecular complexity index is 432. The van der Waals surface area contributed by atoms with Gasteiger partial charge in [0.1, 0.15) is 24.1 Å². The molecule has 0 saturated carbocycles. The van der Waals surface area contributed by atoms with E-state index in [0.29, 0.717) is 19.8 Å². The zero-order chi connectivity index (χ0) is 14.4. The molecule has 0 bridgehead atoms. The van der Waals surface area contributed by atoms with Crippen molar-refractivity contribution in [1.82, 2.24) is 4.90 Å². The lowest BCUT2D eigenvalue weighted by atomic mass is 10.2. The Morgan fingerprint density at radius 1 is 1.30 bits per heavy atom. The van der Waals surface area contributed by atoms with Crippen molar-refractivity contribution in [2.75, 3.05) is 26.3 Å². The Labute approximate surface area is 119 Å². The van der Waals surface area contributed by atoms with Crippen LogP contribution in [0.3, 0.4) is 0 Å². The summed E-state index contributed by atoms with van der Waals surface area (Å²) in [6, 6.07) is 7.12. The Kier molecular flexibility index (Phi) is 5.24. The molecular weight excluding hydrogens is 258 g/mol. The van der Waals surface area contributed by atoms with Crippen molar-refractivity contribution < 1.29 is 19.4 Å². The van der Waals surface area contributed by atoms with Crippen LogP contribution in [0.4, 0.5) is 0 Å². The molecule has 1 aromatic carbocycles. The van der Waals surface area contributed by atoms with Crippen LogP contribution in [0.5, 0.6) is 11.5 Å². The van der Waals surface area contributed by atoms with Crippen molar-refractivity contribution in [3.05, 3.63) is 24.3 Å². The van der Waals surface area contributed by atoms with E-state index in [1.54, 1.807) is 0 Å². The van der Waals surface area contributed by atoms with Crippen LogP contribution in [-0.2, 0) is 4.79 Å². The number of carboxylic acids is 1. The molecule has 0 aromatic heterocycles. The van der Waals surface area contributed by atoms with E-state index in [9.17, 15) is 4.79 Å². The molecule has 1 unspecified atom stereocenters. The number of likely N-dealkylation sites (tertiary alicyclic amines) is 1. The molecule has 5 heteroatoms. The quantitative estimate of drug-likeness (QED) is 0.827. The van der Waals surface area contributed by atoms with Crippen molar-refractivity contribution in [2.45, 2.75) is 25.8 Å². The number of carbonyl (C=O) groups is 1. The number of nitrogens with zero attached hydrogens (tertiary/aromatic N) is 1. The van der Waals surface area contributed by atoms with E-state index in [1.165, 1.54) is 0 Å². The molecule has 0 radical (unpaired) electrons. The van der Waals surface area contributed by atoms with Gasteiger partial charge in [0.15, 0.2) is 0 Å². The van der Waals surface area contributed by atoms with E-state index in [2.05, 4.69) is 0 Å². The summed E-state index contributed by atoms with van der Waals surface area (Å²) in [6.07, 6.45) is 1.68. The first kappa shape index (κ1) is 14.7. The van der Waals surface area contributed by atoms with Crippen LogP contribution in [0.25, 0.3) is 0 Å². The zero-order valence-corrected chi connectivity index (χ0v) is 11.7. The molecule has 2 rings (SSSR count). The molecule has 1 aliphatic heterocycles. The van der Waals surface area contributed by atoms with E-state index >= 15 is 0 Å². The molecule has 5 nitrogen and oxygen atoms in total. The van der Waals surface area contributed by atoms with Crippen LogP contribution in [0, 0.1) is 0 Å². The maximum Gasteiger partial charge on any atom is 0.320 e. The molecule has 1 N–H and O–H groups in total. The number of rotatable bonds is 7. The minimum absolute atomic E-state index is 0.348. The first-order valence-electron chi connectivity index (χ1n) is 7.03. The molecular formula is C15H21NO4. The molecule has 1 atom stereocenters. The summed E-state index contributed by atoms with van der Waals surface area (Å²) in [4.78, 5) is 13.0. The topological polar surface area (TPSA) is 59.0 Å². The molecule has 0 amide bonds. The normalized spacial score (nSPS) is 18.9. The largest absolute Gasteiger partial charge is 0.494 e. The van der Waals surface area contributed by atoms with E-state index in [-0.39, 0.29) is 6.04 Å². The van der Waals surface area contributed by atoms with Crippen molar-refractivity contribution in [3.8, 4) is 11.5 Å². The van der Waals surface area contributed by atoms with Crippen molar-refractivity contribution >= 4 is 5.97 Å². The minimum Gasteiger partial charge on any atom is -0.494 e. The number of ether oxygens (including phenoxy) is 2. The Hall–Kier alpha value is -1.75. The first-order chi connectivity index (χ1) is 9.70. The maximum absolute atomic E-state index is 11.0. The molecule has 1 aromatic rings. The summed E-state index contributed by atoms with van der Waals surface area (Å²) in [7, 11) is 0. The second-order valence-corrected chi connectivity index (χ2v) is 4.79. The lowest BCUT2D eigenvalue weighted by Gasteiger charge is -2.20. The predicted molar refractivity (Wildman–Crippen MR) is 75.3 cm³/mol. The van der Waals surface area contributed by atoms with Crippen LogP contribution < -0.4 is 9.47 Å². The van der Waals surface area contributed by atoms with Crippen LogP contribution in [0.2, 0.25) is 0 Å². The second kappa shape index (κ2) is 7.14. The van der Waals surface area contributed by atoms with Gasteiger partial charge in [0.25, 0.3) is 0 Å². The number of benzene rings is 1. The number of hydrogen-bond donors (Lipinski definition) is 1. The van der Waals surface area contributed by atoms with Crippen LogP contribution >= 0.6 is 0 Å². The van der Waals surface area contributed by atoms with Gasteiger partial charge in [-0.25, -0.2) is 0 Å². The van der Waals surface area contributed by atoms with Crippen LogP contribution in [-0.4, -0.2) is 48.3 Å². The van der Waals surface area contributed by atoms with Gasteiger partial charge in [-0.05, 0) is 50.6 Å². The van der Waals surface area contributed by atoms with E-state index in [0.717, 1.165) is 30.9 Å². The van der Waals surface area contributed by atoms with Gasteiger partial charge in [-0.3, -0.25) is 9.69 Å². The van der Waals surface area contributed by atoms with Crippen molar-refractivity contribution in [1.29, 1.82) is 0 Å². The summed E-state index contributed by atoms with van der Waals surface area (Å²) >= 11 is 0. The fourth-order valence-corrected chi connectivity index (χ4v) is 2.45. The van der Waals surface area contributed by atoms with Gasteiger partial charge in [-0.1, -0.05) is 0 Å². The van der Waals surface area contributed by atoms with Crippen LogP contribution in [0.15, 0.2) is 24.3 Å². The molecule has 0 aliphatic carbocycles. The molecule has 1 heterocycles.